The number of thioether (sulfide) groups is 1. The Morgan fingerprint density at radius 2 is 2.00 bits per heavy atom. The first-order valence-corrected chi connectivity index (χ1v) is 4.49. The van der Waals surface area contributed by atoms with Gasteiger partial charge >= 0.3 is 11.9 Å². The molecule has 74 valence electrons. The van der Waals surface area contributed by atoms with Gasteiger partial charge in [-0.25, -0.2) is 0 Å². The Morgan fingerprint density at radius 3 is 2.46 bits per heavy atom. The number of hydrogen-bond acceptors (Lipinski definition) is 5. The lowest BCUT2D eigenvalue weighted by atomic mass is 10.5. The molecular formula is C7H10O5S. The van der Waals surface area contributed by atoms with Crippen LogP contribution in [-0.2, 0) is 19.1 Å². The molecule has 0 spiro atoms. The highest BCUT2D eigenvalue weighted by atomic mass is 32.2. The number of carbonyl (C=O) groups is 3. The molecule has 1 N–H and O–H groups in total. The van der Waals surface area contributed by atoms with Crippen molar-refractivity contribution in [1.29, 1.82) is 0 Å². The number of aliphatic carboxylic acids is 1. The molecule has 0 fully saturated rings. The van der Waals surface area contributed by atoms with E-state index in [1.54, 1.807) is 0 Å². The topological polar surface area (TPSA) is 80.7 Å². The molecule has 5 nitrogen and oxygen atoms in total. The fraction of sp³-hybridized carbons (Fsp3) is 0.571. The number of esters is 1. The van der Waals surface area contributed by atoms with E-state index in [9.17, 15) is 14.4 Å². The monoisotopic (exact) mass is 206 g/mol. The maximum absolute atomic E-state index is 10.8. The average Bonchev–Trinajstić information content (AvgIpc) is 2.02. The molecule has 0 atom stereocenters. The number of carboxylic acid groups (broad SMARTS) is 1. The minimum absolute atomic E-state index is 0.118. The Labute approximate surface area is 79.4 Å². The number of methoxy groups -OCH3 is 1. The van der Waals surface area contributed by atoms with Gasteiger partial charge in [-0.2, -0.15) is 0 Å². The highest BCUT2D eigenvalue weighted by molar-refractivity contribution is 8.13. The molecule has 0 aromatic heterocycles. The number of carboxylic acids is 1. The summed E-state index contributed by atoms with van der Waals surface area (Å²) in [6.45, 7) is 0. The van der Waals surface area contributed by atoms with E-state index < -0.39 is 23.5 Å². The summed E-state index contributed by atoms with van der Waals surface area (Å²) in [6.07, 6.45) is -0.391. The van der Waals surface area contributed by atoms with Crippen molar-refractivity contribution in [2.45, 2.75) is 12.8 Å². The first-order chi connectivity index (χ1) is 6.06. The van der Waals surface area contributed by atoms with Crippen molar-refractivity contribution >= 4 is 28.8 Å². The zero-order valence-electron chi connectivity index (χ0n) is 7.11. The second-order valence-corrected chi connectivity index (χ2v) is 3.27. The molecule has 0 aromatic carbocycles. The standard InChI is InChI=1S/C7H10O5S/c1-12-6(10)2-3-13-7(11)4-5(8)9/h2-4H2,1H3,(H,8,9). The van der Waals surface area contributed by atoms with Crippen LogP contribution in [0.15, 0.2) is 0 Å². The van der Waals surface area contributed by atoms with Crippen molar-refractivity contribution in [1.82, 2.24) is 0 Å². The van der Waals surface area contributed by atoms with Crippen LogP contribution in [-0.4, -0.2) is 35.0 Å². The maximum Gasteiger partial charge on any atom is 0.311 e. The lowest BCUT2D eigenvalue weighted by molar-refractivity contribution is -0.140. The molecule has 0 saturated heterocycles. The van der Waals surface area contributed by atoms with Gasteiger partial charge in [0.05, 0.1) is 13.5 Å². The molecule has 0 aliphatic heterocycles. The molecular weight excluding hydrogens is 196 g/mol. The van der Waals surface area contributed by atoms with Gasteiger partial charge in [0.1, 0.15) is 6.42 Å². The number of rotatable bonds is 5. The van der Waals surface area contributed by atoms with E-state index in [4.69, 9.17) is 5.11 Å². The van der Waals surface area contributed by atoms with Gasteiger partial charge in [-0.1, -0.05) is 11.8 Å². The second-order valence-electron chi connectivity index (χ2n) is 2.12. The Hall–Kier alpha value is -1.04. The predicted molar refractivity (Wildman–Crippen MR) is 46.4 cm³/mol. The molecule has 0 rings (SSSR count). The van der Waals surface area contributed by atoms with Gasteiger partial charge in [-0.05, 0) is 0 Å². The summed E-state index contributed by atoms with van der Waals surface area (Å²) in [7, 11) is 1.26. The Bertz CT molecular complexity index is 213. The fourth-order valence-electron chi connectivity index (χ4n) is 0.525. The molecule has 0 amide bonds. The lowest BCUT2D eigenvalue weighted by Gasteiger charge is -1.97. The van der Waals surface area contributed by atoms with Crippen LogP contribution in [0.25, 0.3) is 0 Å². The zero-order valence-corrected chi connectivity index (χ0v) is 7.93. The largest absolute Gasteiger partial charge is 0.481 e. The van der Waals surface area contributed by atoms with Gasteiger partial charge in [0, 0.05) is 5.75 Å². The van der Waals surface area contributed by atoms with Crippen LogP contribution in [0.3, 0.4) is 0 Å². The molecule has 6 heteroatoms. The Kier molecular flexibility index (Phi) is 5.96. The zero-order chi connectivity index (χ0) is 10.3. The third-order valence-electron chi connectivity index (χ3n) is 1.09. The van der Waals surface area contributed by atoms with Crippen LogP contribution in [0.1, 0.15) is 12.8 Å². The Balaban J connectivity index is 3.48. The fourth-order valence-corrected chi connectivity index (χ4v) is 1.25. The van der Waals surface area contributed by atoms with Gasteiger partial charge in [-0.3, -0.25) is 14.4 Å². The SMILES string of the molecule is COC(=O)CCSC(=O)CC(=O)O. The third-order valence-corrected chi connectivity index (χ3v) is 1.97. The van der Waals surface area contributed by atoms with E-state index in [-0.39, 0.29) is 12.2 Å². The van der Waals surface area contributed by atoms with E-state index in [2.05, 4.69) is 4.74 Å². The molecule has 0 bridgehead atoms. The van der Waals surface area contributed by atoms with Gasteiger partial charge in [0.2, 0.25) is 0 Å². The minimum Gasteiger partial charge on any atom is -0.481 e. The summed E-state index contributed by atoms with van der Waals surface area (Å²) >= 11 is 0.828. The van der Waals surface area contributed by atoms with Crippen molar-refractivity contribution in [3.63, 3.8) is 0 Å². The smallest absolute Gasteiger partial charge is 0.311 e. The molecule has 13 heavy (non-hydrogen) atoms. The van der Waals surface area contributed by atoms with Crippen molar-refractivity contribution in [3.05, 3.63) is 0 Å². The summed E-state index contributed by atoms with van der Waals surface area (Å²) in [4.78, 5) is 31.3. The molecule has 0 heterocycles. The van der Waals surface area contributed by atoms with E-state index in [1.165, 1.54) is 7.11 Å². The van der Waals surface area contributed by atoms with E-state index >= 15 is 0 Å². The lowest BCUT2D eigenvalue weighted by Crippen LogP contribution is -2.06. The van der Waals surface area contributed by atoms with Crippen LogP contribution in [0.2, 0.25) is 0 Å². The van der Waals surface area contributed by atoms with Gasteiger partial charge in [0.15, 0.2) is 5.12 Å². The van der Waals surface area contributed by atoms with E-state index in [1.807, 2.05) is 0 Å². The second kappa shape index (κ2) is 6.47. The molecule has 0 aliphatic carbocycles. The first-order valence-electron chi connectivity index (χ1n) is 3.50. The van der Waals surface area contributed by atoms with Crippen LogP contribution < -0.4 is 0 Å². The third kappa shape index (κ3) is 7.32. The summed E-state index contributed by atoms with van der Waals surface area (Å²) in [5.41, 5.74) is 0. The average molecular weight is 206 g/mol. The molecule has 0 saturated carbocycles. The van der Waals surface area contributed by atoms with Crippen LogP contribution in [0, 0.1) is 0 Å². The van der Waals surface area contributed by atoms with Crippen LogP contribution in [0.4, 0.5) is 0 Å². The Morgan fingerprint density at radius 1 is 1.38 bits per heavy atom. The number of carbonyl (C=O) groups excluding carboxylic acids is 2. The van der Waals surface area contributed by atoms with Crippen LogP contribution in [0.5, 0.6) is 0 Å². The normalized spacial score (nSPS) is 9.31. The highest BCUT2D eigenvalue weighted by Gasteiger charge is 2.09. The van der Waals surface area contributed by atoms with Gasteiger partial charge in [-0.15, -0.1) is 0 Å². The van der Waals surface area contributed by atoms with Crippen molar-refractivity contribution < 1.29 is 24.2 Å². The minimum atomic E-state index is -1.16. The quantitative estimate of drug-likeness (QED) is 0.514. The van der Waals surface area contributed by atoms with Crippen molar-refractivity contribution in [3.8, 4) is 0 Å². The molecule has 0 radical (unpaired) electrons. The van der Waals surface area contributed by atoms with Gasteiger partial charge < -0.3 is 9.84 Å². The number of hydrogen-bond donors (Lipinski definition) is 1. The molecule has 0 unspecified atom stereocenters. The predicted octanol–water partition coefficient (Wildman–Crippen LogP) is 0.284. The molecule has 0 aliphatic rings. The van der Waals surface area contributed by atoms with Gasteiger partial charge in [0.25, 0.3) is 0 Å². The van der Waals surface area contributed by atoms with Crippen molar-refractivity contribution in [2.75, 3.05) is 12.9 Å². The molecule has 0 aromatic rings. The first kappa shape index (κ1) is 12.0. The van der Waals surface area contributed by atoms with E-state index in [0.717, 1.165) is 11.8 Å². The summed E-state index contributed by atoms with van der Waals surface area (Å²) in [5.74, 6) is -1.30. The summed E-state index contributed by atoms with van der Waals surface area (Å²) in [5, 5.41) is 7.77. The number of ether oxygens (including phenoxy) is 1. The van der Waals surface area contributed by atoms with Crippen molar-refractivity contribution in [2.24, 2.45) is 0 Å². The maximum atomic E-state index is 10.8. The van der Waals surface area contributed by atoms with E-state index in [0.29, 0.717) is 0 Å². The van der Waals surface area contributed by atoms with Crippen LogP contribution >= 0.6 is 11.8 Å². The summed E-state index contributed by atoms with van der Waals surface area (Å²) in [6, 6.07) is 0. The summed E-state index contributed by atoms with van der Waals surface area (Å²) < 4.78 is 4.33. The highest BCUT2D eigenvalue weighted by Crippen LogP contribution is 2.07.